The molecule has 0 aliphatic rings. The number of nitrogens with zero attached hydrogens (tertiary/aromatic N) is 2. The quantitative estimate of drug-likeness (QED) is 0.547. The van der Waals surface area contributed by atoms with E-state index in [1.54, 1.807) is 24.4 Å². The highest BCUT2D eigenvalue weighted by Crippen LogP contribution is 2.00. The van der Waals surface area contributed by atoms with Gasteiger partial charge in [-0.1, -0.05) is 0 Å². The van der Waals surface area contributed by atoms with Crippen molar-refractivity contribution in [2.75, 3.05) is 40.1 Å². The van der Waals surface area contributed by atoms with Crippen molar-refractivity contribution in [1.29, 1.82) is 0 Å². The Labute approximate surface area is 120 Å². The van der Waals surface area contributed by atoms with Crippen LogP contribution >= 0.6 is 0 Å². The van der Waals surface area contributed by atoms with Crippen molar-refractivity contribution in [3.05, 3.63) is 30.1 Å². The molecule has 112 valence electrons. The maximum Gasteiger partial charge on any atom is 0.319 e. The van der Waals surface area contributed by atoms with Crippen molar-refractivity contribution < 1.29 is 14.3 Å². The second-order valence-corrected chi connectivity index (χ2v) is 4.21. The van der Waals surface area contributed by atoms with Crippen LogP contribution < -0.4 is 5.32 Å². The summed E-state index contributed by atoms with van der Waals surface area (Å²) in [5, 5.41) is 2.73. The van der Waals surface area contributed by atoms with Gasteiger partial charge in [-0.25, -0.2) is 4.79 Å². The Hall–Kier alpha value is -1.66. The molecule has 1 aromatic rings. The van der Waals surface area contributed by atoms with Crippen LogP contribution in [-0.4, -0.2) is 56.1 Å². The summed E-state index contributed by atoms with van der Waals surface area (Å²) in [4.78, 5) is 17.6. The van der Waals surface area contributed by atoms with Gasteiger partial charge in [-0.2, -0.15) is 0 Å². The van der Waals surface area contributed by atoms with Crippen LogP contribution in [0.3, 0.4) is 0 Å². The van der Waals surface area contributed by atoms with E-state index in [1.807, 2.05) is 19.1 Å². The summed E-state index contributed by atoms with van der Waals surface area (Å²) in [6, 6.07) is 3.80. The summed E-state index contributed by atoms with van der Waals surface area (Å²) in [6.45, 7) is 4.49. The van der Waals surface area contributed by atoms with Crippen molar-refractivity contribution in [1.82, 2.24) is 15.2 Å². The largest absolute Gasteiger partial charge is 0.382 e. The lowest BCUT2D eigenvalue weighted by molar-refractivity contribution is 0.0618. The fourth-order valence-electron chi connectivity index (χ4n) is 1.66. The molecule has 1 rings (SSSR count). The molecule has 0 aliphatic heterocycles. The average molecular weight is 281 g/mol. The van der Waals surface area contributed by atoms with E-state index >= 15 is 0 Å². The Morgan fingerprint density at radius 3 is 2.75 bits per heavy atom. The van der Waals surface area contributed by atoms with Crippen LogP contribution in [-0.2, 0) is 15.9 Å². The van der Waals surface area contributed by atoms with Crippen molar-refractivity contribution >= 4 is 6.03 Å². The number of hydrogen-bond acceptors (Lipinski definition) is 4. The van der Waals surface area contributed by atoms with Crippen LogP contribution in [0.4, 0.5) is 4.79 Å². The van der Waals surface area contributed by atoms with Gasteiger partial charge >= 0.3 is 6.03 Å². The van der Waals surface area contributed by atoms with Gasteiger partial charge in [0.05, 0.1) is 13.2 Å². The average Bonchev–Trinajstić information content (AvgIpc) is 2.48. The first-order valence-corrected chi connectivity index (χ1v) is 6.76. The van der Waals surface area contributed by atoms with Crippen molar-refractivity contribution in [3.63, 3.8) is 0 Å². The first kappa shape index (κ1) is 16.4. The lowest BCUT2D eigenvalue weighted by atomic mass is 10.2. The van der Waals surface area contributed by atoms with E-state index in [9.17, 15) is 4.79 Å². The lowest BCUT2D eigenvalue weighted by Crippen LogP contribution is -2.41. The van der Waals surface area contributed by atoms with E-state index < -0.39 is 0 Å². The minimum Gasteiger partial charge on any atom is -0.382 e. The maximum absolute atomic E-state index is 11.9. The Morgan fingerprint density at radius 1 is 1.35 bits per heavy atom. The summed E-state index contributed by atoms with van der Waals surface area (Å²) < 4.78 is 10.1. The van der Waals surface area contributed by atoms with Crippen molar-refractivity contribution in [2.24, 2.45) is 0 Å². The van der Waals surface area contributed by atoms with Crippen LogP contribution in [0.1, 0.15) is 12.5 Å². The van der Waals surface area contributed by atoms with Crippen LogP contribution in [0.25, 0.3) is 0 Å². The molecule has 20 heavy (non-hydrogen) atoms. The molecule has 0 atom stereocenters. The number of aromatic nitrogens is 1. The molecule has 1 N–H and O–H groups in total. The number of carbonyl (C=O) groups excluding carboxylic acids is 1. The number of pyridine rings is 1. The highest BCUT2D eigenvalue weighted by molar-refractivity contribution is 5.73. The second-order valence-electron chi connectivity index (χ2n) is 4.21. The minimum atomic E-state index is -0.112. The third-order valence-electron chi connectivity index (χ3n) is 2.85. The fourth-order valence-corrected chi connectivity index (χ4v) is 1.66. The zero-order chi connectivity index (χ0) is 14.6. The number of nitrogens with one attached hydrogen (secondary N) is 1. The molecule has 0 spiro atoms. The molecule has 0 aliphatic carbocycles. The number of amides is 2. The van der Waals surface area contributed by atoms with Crippen molar-refractivity contribution in [3.8, 4) is 0 Å². The first-order valence-electron chi connectivity index (χ1n) is 6.76. The zero-order valence-corrected chi connectivity index (χ0v) is 12.2. The van der Waals surface area contributed by atoms with Gasteiger partial charge in [-0.15, -0.1) is 0 Å². The van der Waals surface area contributed by atoms with Gasteiger partial charge in [0.1, 0.15) is 6.73 Å². The highest BCUT2D eigenvalue weighted by atomic mass is 16.5. The molecular formula is C14H23N3O3. The number of urea groups is 1. The maximum atomic E-state index is 11.9. The van der Waals surface area contributed by atoms with Crippen LogP contribution in [0, 0.1) is 0 Å². The van der Waals surface area contributed by atoms with Crippen LogP contribution in [0.2, 0.25) is 0 Å². The predicted molar refractivity (Wildman–Crippen MR) is 76.4 cm³/mol. The third kappa shape index (κ3) is 6.49. The van der Waals surface area contributed by atoms with Crippen LogP contribution in [0.5, 0.6) is 0 Å². The van der Waals surface area contributed by atoms with E-state index in [1.165, 1.54) is 5.56 Å². The van der Waals surface area contributed by atoms with E-state index in [0.29, 0.717) is 26.3 Å². The summed E-state index contributed by atoms with van der Waals surface area (Å²) >= 11 is 0. The van der Waals surface area contributed by atoms with E-state index in [4.69, 9.17) is 9.47 Å². The van der Waals surface area contributed by atoms with Crippen LogP contribution in [0.15, 0.2) is 24.5 Å². The smallest absolute Gasteiger partial charge is 0.319 e. The fraction of sp³-hybridized carbons (Fsp3) is 0.571. The first-order chi connectivity index (χ1) is 9.77. The molecule has 0 radical (unpaired) electrons. The van der Waals surface area contributed by atoms with E-state index in [2.05, 4.69) is 10.3 Å². The predicted octanol–water partition coefficient (Wildman–Crippen LogP) is 1.28. The Balaban J connectivity index is 2.25. The van der Waals surface area contributed by atoms with Crippen molar-refractivity contribution in [2.45, 2.75) is 13.3 Å². The minimum absolute atomic E-state index is 0.112. The van der Waals surface area contributed by atoms with E-state index in [-0.39, 0.29) is 12.8 Å². The van der Waals surface area contributed by atoms with Gasteiger partial charge in [0.2, 0.25) is 0 Å². The van der Waals surface area contributed by atoms with Gasteiger partial charge in [-0.3, -0.25) is 4.98 Å². The molecule has 0 fully saturated rings. The molecule has 6 nitrogen and oxygen atoms in total. The summed E-state index contributed by atoms with van der Waals surface area (Å²) in [5.74, 6) is 0. The molecule has 2 amide bonds. The second kappa shape index (κ2) is 10.2. The Morgan fingerprint density at radius 2 is 2.10 bits per heavy atom. The number of methoxy groups -OCH3 is 1. The molecular weight excluding hydrogens is 258 g/mol. The SMILES string of the molecule is CCN(CCc1ccncc1)C(=O)NCOCCOC. The summed E-state index contributed by atoms with van der Waals surface area (Å²) in [6.07, 6.45) is 4.33. The Bertz CT molecular complexity index is 373. The van der Waals surface area contributed by atoms with Gasteiger partial charge in [0, 0.05) is 32.6 Å². The number of hydrogen-bond donors (Lipinski definition) is 1. The molecule has 0 unspecified atom stereocenters. The molecule has 1 heterocycles. The van der Waals surface area contributed by atoms with E-state index in [0.717, 1.165) is 6.42 Å². The third-order valence-corrected chi connectivity index (χ3v) is 2.85. The lowest BCUT2D eigenvalue weighted by Gasteiger charge is -2.21. The van der Waals surface area contributed by atoms with Gasteiger partial charge < -0.3 is 19.7 Å². The molecule has 6 heteroatoms. The standard InChI is InChI=1S/C14H23N3O3/c1-3-17(9-6-13-4-7-15-8-5-13)14(18)16-12-20-11-10-19-2/h4-5,7-8H,3,6,9-12H2,1-2H3,(H,16,18). The number of rotatable bonds is 9. The Kier molecular flexibility index (Phi) is 8.33. The molecule has 0 bridgehead atoms. The molecule has 0 saturated heterocycles. The monoisotopic (exact) mass is 281 g/mol. The summed E-state index contributed by atoms with van der Waals surface area (Å²) in [5.41, 5.74) is 1.17. The number of likely N-dealkylation sites (N-methyl/N-ethyl adjacent to an activating group) is 1. The topological polar surface area (TPSA) is 63.7 Å². The number of carbonyl (C=O) groups is 1. The highest BCUT2D eigenvalue weighted by Gasteiger charge is 2.10. The normalized spacial score (nSPS) is 10.3. The van der Waals surface area contributed by atoms with Gasteiger partial charge in [-0.05, 0) is 31.0 Å². The molecule has 0 saturated carbocycles. The molecule has 1 aromatic heterocycles. The number of ether oxygens (including phenoxy) is 2. The van der Waals surface area contributed by atoms with Gasteiger partial charge in [0.15, 0.2) is 0 Å². The zero-order valence-electron chi connectivity index (χ0n) is 12.2. The summed E-state index contributed by atoms with van der Waals surface area (Å²) in [7, 11) is 1.61. The van der Waals surface area contributed by atoms with Gasteiger partial charge in [0.25, 0.3) is 0 Å². The molecule has 0 aromatic carbocycles.